The summed E-state index contributed by atoms with van der Waals surface area (Å²) in [7, 11) is 3.00. The third-order valence-electron chi connectivity index (χ3n) is 7.08. The largest absolute Gasteiger partial charge is 0.493 e. The van der Waals surface area contributed by atoms with Crippen molar-refractivity contribution in [3.05, 3.63) is 76.9 Å². The summed E-state index contributed by atoms with van der Waals surface area (Å²) in [4.78, 5) is 25.7. The molecule has 36 heavy (non-hydrogen) atoms. The number of hydrogen-bond acceptors (Lipinski definition) is 8. The second kappa shape index (κ2) is 8.78. The van der Waals surface area contributed by atoms with Gasteiger partial charge in [-0.2, -0.15) is 0 Å². The number of esters is 2. The van der Waals surface area contributed by atoms with E-state index in [1.165, 1.54) is 14.2 Å². The van der Waals surface area contributed by atoms with Crippen molar-refractivity contribution in [1.82, 2.24) is 0 Å². The molecule has 3 aromatic carbocycles. The summed E-state index contributed by atoms with van der Waals surface area (Å²) < 4.78 is 33.7. The predicted molar refractivity (Wildman–Crippen MR) is 127 cm³/mol. The number of methoxy groups -OCH3 is 2. The van der Waals surface area contributed by atoms with Crippen LogP contribution in [0.4, 0.5) is 0 Å². The number of cyclic esters (lactones) is 1. The molecule has 3 aliphatic rings. The van der Waals surface area contributed by atoms with Gasteiger partial charge in [0.05, 0.1) is 32.3 Å². The van der Waals surface area contributed by atoms with Gasteiger partial charge in [-0.25, -0.2) is 4.79 Å². The van der Waals surface area contributed by atoms with Crippen molar-refractivity contribution in [2.45, 2.75) is 12.3 Å². The number of carbonyl (C=O) groups excluding carboxylic acids is 2. The van der Waals surface area contributed by atoms with Gasteiger partial charge in [0, 0.05) is 11.8 Å². The van der Waals surface area contributed by atoms with Crippen LogP contribution in [-0.2, 0) is 16.0 Å². The average molecular weight is 488 g/mol. The van der Waals surface area contributed by atoms with Crippen LogP contribution in [0.5, 0.6) is 28.7 Å². The molecule has 3 atom stereocenters. The molecule has 0 saturated carbocycles. The Labute approximate surface area is 207 Å². The quantitative estimate of drug-likeness (QED) is 0.391. The van der Waals surface area contributed by atoms with E-state index in [1.807, 2.05) is 18.2 Å². The number of ether oxygens (including phenoxy) is 6. The van der Waals surface area contributed by atoms with Crippen molar-refractivity contribution < 1.29 is 38.0 Å². The van der Waals surface area contributed by atoms with Crippen LogP contribution >= 0.6 is 0 Å². The predicted octanol–water partition coefficient (Wildman–Crippen LogP) is 4.13. The molecule has 2 heterocycles. The monoisotopic (exact) mass is 488 g/mol. The van der Waals surface area contributed by atoms with Gasteiger partial charge in [0.25, 0.3) is 0 Å². The lowest BCUT2D eigenvalue weighted by molar-refractivity contribution is -0.141. The van der Waals surface area contributed by atoms with E-state index in [0.29, 0.717) is 41.6 Å². The van der Waals surface area contributed by atoms with E-state index in [0.717, 1.165) is 16.7 Å². The summed E-state index contributed by atoms with van der Waals surface area (Å²) in [5.41, 5.74) is 3.25. The van der Waals surface area contributed by atoms with Gasteiger partial charge >= 0.3 is 11.9 Å². The SMILES string of the molecule is COc1cc([C@@H]2c3cc4c(cc3C[C@H]3COC(=O)[C@@H]32)OCO4)cc(OC)c1OC(=O)c1ccccc1. The van der Waals surface area contributed by atoms with Gasteiger partial charge in [-0.05, 0) is 59.5 Å². The number of fused-ring (bicyclic) bond motifs is 3. The molecule has 0 amide bonds. The second-order valence-electron chi connectivity index (χ2n) is 9.01. The lowest BCUT2D eigenvalue weighted by Crippen LogP contribution is -2.31. The van der Waals surface area contributed by atoms with E-state index in [9.17, 15) is 9.59 Å². The van der Waals surface area contributed by atoms with Crippen molar-refractivity contribution >= 4 is 11.9 Å². The topological polar surface area (TPSA) is 89.5 Å². The van der Waals surface area contributed by atoms with Crippen LogP contribution in [-0.4, -0.2) is 39.6 Å². The Morgan fingerprint density at radius 2 is 1.61 bits per heavy atom. The minimum atomic E-state index is -0.532. The number of benzene rings is 3. The minimum absolute atomic E-state index is 0.0305. The first-order valence-electron chi connectivity index (χ1n) is 11.7. The Morgan fingerprint density at radius 3 is 2.31 bits per heavy atom. The fourth-order valence-corrected chi connectivity index (χ4v) is 5.41. The fraction of sp³-hybridized carbons (Fsp3) is 0.286. The molecule has 184 valence electrons. The molecule has 8 nitrogen and oxygen atoms in total. The highest BCUT2D eigenvalue weighted by Gasteiger charge is 2.48. The van der Waals surface area contributed by atoms with Gasteiger partial charge in [0.1, 0.15) is 0 Å². The maximum absolute atomic E-state index is 12.9. The normalized spacial score (nSPS) is 21.3. The van der Waals surface area contributed by atoms with E-state index in [4.69, 9.17) is 28.4 Å². The summed E-state index contributed by atoms with van der Waals surface area (Å²) >= 11 is 0. The van der Waals surface area contributed by atoms with Crippen molar-refractivity contribution in [3.8, 4) is 28.7 Å². The summed E-state index contributed by atoms with van der Waals surface area (Å²) in [5.74, 6) is 0.739. The van der Waals surface area contributed by atoms with Gasteiger partial charge in [-0.3, -0.25) is 4.79 Å². The van der Waals surface area contributed by atoms with Crippen molar-refractivity contribution in [2.24, 2.45) is 11.8 Å². The van der Waals surface area contributed by atoms with Gasteiger partial charge in [-0.15, -0.1) is 0 Å². The molecule has 6 rings (SSSR count). The Bertz CT molecular complexity index is 1320. The molecule has 1 aliphatic carbocycles. The Kier molecular flexibility index (Phi) is 5.44. The second-order valence-corrected chi connectivity index (χ2v) is 9.01. The molecule has 2 aliphatic heterocycles. The van der Waals surface area contributed by atoms with Crippen LogP contribution in [0.25, 0.3) is 0 Å². The van der Waals surface area contributed by atoms with E-state index in [1.54, 1.807) is 36.4 Å². The zero-order valence-corrected chi connectivity index (χ0v) is 19.8. The number of hydrogen-bond donors (Lipinski definition) is 0. The zero-order chi connectivity index (χ0) is 24.8. The highest BCUT2D eigenvalue weighted by atomic mass is 16.7. The maximum Gasteiger partial charge on any atom is 0.343 e. The molecule has 0 bridgehead atoms. The van der Waals surface area contributed by atoms with Crippen LogP contribution < -0.4 is 23.7 Å². The van der Waals surface area contributed by atoms with Gasteiger partial charge in [-0.1, -0.05) is 18.2 Å². The molecule has 1 saturated heterocycles. The molecule has 0 spiro atoms. The van der Waals surface area contributed by atoms with Crippen LogP contribution in [0, 0.1) is 11.8 Å². The highest BCUT2D eigenvalue weighted by molar-refractivity contribution is 5.91. The first-order valence-corrected chi connectivity index (χ1v) is 11.7. The summed E-state index contributed by atoms with van der Waals surface area (Å²) in [5, 5.41) is 0. The third-order valence-corrected chi connectivity index (χ3v) is 7.08. The third kappa shape index (κ3) is 3.61. The average Bonchev–Trinajstić information content (AvgIpc) is 3.52. The molecule has 0 radical (unpaired) electrons. The molecular formula is C28H24O8. The fourth-order valence-electron chi connectivity index (χ4n) is 5.41. The van der Waals surface area contributed by atoms with Crippen LogP contribution in [0.3, 0.4) is 0 Å². The molecule has 0 aromatic heterocycles. The molecule has 0 unspecified atom stereocenters. The standard InChI is InChI=1S/C28H24O8/c1-31-22-10-17(11-23(32-2)26(22)36-27(29)15-6-4-3-5-7-15)24-19-12-21-20(34-14-35-21)9-16(19)8-18-13-33-28(30)25(18)24/h3-7,9-12,18,24-25H,8,13-14H2,1-2H3/t18-,24+,25-/m0/s1. The van der Waals surface area contributed by atoms with E-state index >= 15 is 0 Å². The van der Waals surface area contributed by atoms with Gasteiger partial charge in [0.2, 0.25) is 12.5 Å². The smallest absolute Gasteiger partial charge is 0.343 e. The maximum atomic E-state index is 12.9. The van der Waals surface area contributed by atoms with Gasteiger partial charge < -0.3 is 28.4 Å². The first-order chi connectivity index (χ1) is 17.6. The lowest BCUT2D eigenvalue weighted by atomic mass is 9.67. The van der Waals surface area contributed by atoms with Crippen LogP contribution in [0.1, 0.15) is 33.0 Å². The Morgan fingerprint density at radius 1 is 0.917 bits per heavy atom. The molecule has 3 aromatic rings. The van der Waals surface area contributed by atoms with Crippen molar-refractivity contribution in [3.63, 3.8) is 0 Å². The lowest BCUT2D eigenvalue weighted by Gasteiger charge is -2.34. The van der Waals surface area contributed by atoms with E-state index in [-0.39, 0.29) is 36.3 Å². The molecule has 8 heteroatoms. The zero-order valence-electron chi connectivity index (χ0n) is 19.8. The Hall–Kier alpha value is -4.20. The van der Waals surface area contributed by atoms with Gasteiger partial charge in [0.15, 0.2) is 23.0 Å². The minimum Gasteiger partial charge on any atom is -0.493 e. The summed E-state index contributed by atoms with van der Waals surface area (Å²) in [6, 6.07) is 16.2. The van der Waals surface area contributed by atoms with Crippen molar-refractivity contribution in [1.29, 1.82) is 0 Å². The van der Waals surface area contributed by atoms with Crippen LogP contribution in [0.15, 0.2) is 54.6 Å². The van der Waals surface area contributed by atoms with Crippen LogP contribution in [0.2, 0.25) is 0 Å². The summed E-state index contributed by atoms with van der Waals surface area (Å²) in [6.45, 7) is 0.538. The Balaban J connectivity index is 1.46. The molecule has 1 fully saturated rings. The van der Waals surface area contributed by atoms with Crippen molar-refractivity contribution in [2.75, 3.05) is 27.6 Å². The van der Waals surface area contributed by atoms with E-state index < -0.39 is 5.97 Å². The highest BCUT2D eigenvalue weighted by Crippen LogP contribution is 2.52. The number of rotatable bonds is 5. The summed E-state index contributed by atoms with van der Waals surface area (Å²) in [6.07, 6.45) is 0.708. The molecule has 0 N–H and O–H groups in total. The number of carbonyl (C=O) groups is 2. The van der Waals surface area contributed by atoms with E-state index in [2.05, 4.69) is 0 Å². The first kappa shape index (κ1) is 22.3. The molecular weight excluding hydrogens is 464 g/mol.